The first kappa shape index (κ1) is 65.3. The highest BCUT2D eigenvalue weighted by molar-refractivity contribution is 6.12. The van der Waals surface area contributed by atoms with Crippen molar-refractivity contribution in [2.45, 2.75) is 162 Å². The number of carbonyl (C=O) groups excluding carboxylic acids is 8. The summed E-state index contributed by atoms with van der Waals surface area (Å²) in [4.78, 5) is 127. The van der Waals surface area contributed by atoms with E-state index < -0.39 is 48.1 Å². The van der Waals surface area contributed by atoms with E-state index >= 15 is 4.79 Å². The summed E-state index contributed by atoms with van der Waals surface area (Å²) in [5.74, 6) is -4.04. The topological polar surface area (TPSA) is 196 Å². The van der Waals surface area contributed by atoms with Crippen LogP contribution in [-0.4, -0.2) is 168 Å². The third-order valence-electron chi connectivity index (χ3n) is 17.7. The highest BCUT2D eigenvalue weighted by Gasteiger charge is 2.44. The number of hydrogen-bond donors (Lipinski definition) is 1. The van der Waals surface area contributed by atoms with E-state index in [9.17, 15) is 33.6 Å². The molecule has 5 amide bonds. The minimum atomic E-state index is -0.699. The molecule has 2 saturated heterocycles. The van der Waals surface area contributed by atoms with Crippen molar-refractivity contribution in [2.75, 3.05) is 61.1 Å². The van der Waals surface area contributed by atoms with Crippen molar-refractivity contribution in [1.29, 1.82) is 0 Å². The Morgan fingerprint density at radius 1 is 0.780 bits per heavy atom. The first-order chi connectivity index (χ1) is 39.2. The molecular weight excluding hydrogens is 1040 g/mol. The number of nitrogens with one attached hydrogen (secondary N) is 1. The Morgan fingerprint density at radius 3 is 2.11 bits per heavy atom. The predicted molar refractivity (Wildman–Crippen MR) is 316 cm³/mol. The van der Waals surface area contributed by atoms with Crippen LogP contribution in [-0.2, 0) is 65.5 Å². The molecule has 3 aliphatic heterocycles. The number of hydroxylamine groups is 2. The number of fused-ring (bicyclic) bond motifs is 1. The van der Waals surface area contributed by atoms with Gasteiger partial charge < -0.3 is 24.3 Å². The Hall–Kier alpha value is -5.88. The highest BCUT2D eigenvalue weighted by Crippen LogP contribution is 2.33. The minimum absolute atomic E-state index is 0.00233. The Bertz CT molecular complexity index is 2650. The van der Waals surface area contributed by atoms with Gasteiger partial charge in [0.15, 0.2) is 5.78 Å². The maximum Gasteiger partial charge on any atom is 0.253 e. The van der Waals surface area contributed by atoms with Crippen molar-refractivity contribution in [2.24, 2.45) is 41.4 Å². The summed E-state index contributed by atoms with van der Waals surface area (Å²) in [6, 6.07) is 16.4. The van der Waals surface area contributed by atoms with Crippen LogP contribution >= 0.6 is 0 Å². The van der Waals surface area contributed by atoms with Crippen LogP contribution in [0.1, 0.15) is 130 Å². The first-order valence-electron chi connectivity index (χ1n) is 30.1. The molecule has 0 bridgehead atoms. The molecule has 3 aromatic rings. The molecular formula is C65H94N6O11. The normalized spacial score (nSPS) is 19.1. The number of ketones is 3. The Kier molecular flexibility index (Phi) is 24.8. The Balaban J connectivity index is 1.12. The van der Waals surface area contributed by atoms with Gasteiger partial charge in [0.25, 0.3) is 11.8 Å². The number of likely N-dealkylation sites (N-methyl/N-ethyl adjacent to an activating group) is 2. The molecule has 2 fully saturated rings. The number of amides is 5. The summed E-state index contributed by atoms with van der Waals surface area (Å²) in [5.41, 5.74) is 2.97. The number of methoxy groups -OCH3 is 2. The van der Waals surface area contributed by atoms with Gasteiger partial charge in [0.1, 0.15) is 11.6 Å². The third-order valence-corrected chi connectivity index (χ3v) is 17.7. The van der Waals surface area contributed by atoms with Crippen molar-refractivity contribution >= 4 is 57.8 Å². The predicted octanol–water partition coefficient (Wildman–Crippen LogP) is 8.47. The first-order valence-corrected chi connectivity index (χ1v) is 30.1. The van der Waals surface area contributed by atoms with Crippen LogP contribution in [0.25, 0.3) is 10.9 Å². The molecule has 1 aromatic heterocycles. The summed E-state index contributed by atoms with van der Waals surface area (Å²) in [7, 11) is 6.81. The number of rotatable bonds is 33. The molecule has 0 unspecified atom stereocenters. The SMILES string of the molecule is CC[C@H](C)[C@@H]([C@@H](CC(=O)N1CCC[C@H]1[C@H](OC)[C@@H](C)C(=O)C[C@@H](Cc1c[nH]c2ccccc12)C(=O)N1CCCCO1)OC)N(C)C(=O)[C@@H](CC(=O)[C@H](C(C)C)N(C)C[C@@H](CC(=O)CCCN1C(=O)C=CC1=O)Cc1ccccc1)C(C)C. The van der Waals surface area contributed by atoms with Gasteiger partial charge >= 0.3 is 0 Å². The number of Topliss-reactive ketones (excluding diaryl/α,β-unsaturated/α-hetero) is 3. The number of aromatic amines is 1. The van der Waals surface area contributed by atoms with Gasteiger partial charge in [-0.05, 0) is 92.9 Å². The van der Waals surface area contributed by atoms with E-state index in [1.807, 2.05) is 119 Å². The zero-order valence-electron chi connectivity index (χ0n) is 50.8. The van der Waals surface area contributed by atoms with Gasteiger partial charge in [-0.15, -0.1) is 0 Å². The second kappa shape index (κ2) is 31.1. The monoisotopic (exact) mass is 1130 g/mol. The maximum absolute atomic E-state index is 15.0. The summed E-state index contributed by atoms with van der Waals surface area (Å²) < 4.78 is 12.4. The van der Waals surface area contributed by atoms with Crippen LogP contribution < -0.4 is 0 Å². The average molecular weight is 1140 g/mol. The number of H-pyrrole nitrogens is 1. The number of nitrogens with zero attached hydrogens (tertiary/aromatic N) is 5. The molecule has 4 heterocycles. The van der Waals surface area contributed by atoms with Crippen LogP contribution in [0.5, 0.6) is 0 Å². The maximum atomic E-state index is 15.0. The van der Waals surface area contributed by atoms with E-state index in [-0.39, 0.29) is 109 Å². The average Bonchev–Trinajstić information content (AvgIpc) is 4.32. The van der Waals surface area contributed by atoms with E-state index in [0.717, 1.165) is 39.8 Å². The van der Waals surface area contributed by atoms with Crippen LogP contribution in [0.4, 0.5) is 0 Å². The number of likely N-dealkylation sites (tertiary alicyclic amines) is 1. The molecule has 17 heteroatoms. The van der Waals surface area contributed by atoms with Gasteiger partial charge in [-0.2, -0.15) is 0 Å². The van der Waals surface area contributed by atoms with Gasteiger partial charge in [0, 0.05) is 114 Å². The van der Waals surface area contributed by atoms with Gasteiger partial charge in [0.05, 0.1) is 49.3 Å². The number of ether oxygens (including phenoxy) is 2. The van der Waals surface area contributed by atoms with Crippen molar-refractivity contribution < 1.29 is 52.7 Å². The molecule has 3 aliphatic rings. The molecule has 0 spiro atoms. The molecule has 450 valence electrons. The molecule has 0 saturated carbocycles. The lowest BCUT2D eigenvalue weighted by Gasteiger charge is -2.41. The molecule has 17 nitrogen and oxygen atoms in total. The lowest BCUT2D eigenvalue weighted by atomic mass is 9.83. The second-order valence-corrected chi connectivity index (χ2v) is 24.2. The number of aromatic nitrogens is 1. The number of para-hydroxylation sites is 1. The lowest BCUT2D eigenvalue weighted by Crippen LogP contribution is -2.54. The standard InChI is InChI=1S/C65H94N6O11/c1-12-44(6)62(68(9)65(79)52(42(2)3)38-56(74)61(43(4)5)67(8)41-47(34-46-22-14-13-15-23-46)35-50(72)24-20-31-70-58(75)28-29-59(70)76)57(80-10)39-60(77)69-30-21-27-54(69)63(81-11)45(7)55(73)37-48(64(78)71-32-18-19-33-82-71)36-49-40-66-53-26-17-16-25-51(49)53/h13-17,22-23,25-26,28-29,40,42-45,47-48,52,54,57,61-63,66H,12,18-21,24,27,30-39,41H2,1-11H3/t44-,45-,47+,48+,52-,54-,57+,61-,62-,63+/m0/s1. The van der Waals surface area contributed by atoms with E-state index in [2.05, 4.69) is 11.9 Å². The quantitative estimate of drug-likeness (QED) is 0.0573. The summed E-state index contributed by atoms with van der Waals surface area (Å²) >= 11 is 0. The van der Waals surface area contributed by atoms with Crippen LogP contribution in [0.2, 0.25) is 0 Å². The number of hydrogen-bond acceptors (Lipinski definition) is 12. The number of benzene rings is 2. The Morgan fingerprint density at radius 2 is 1.48 bits per heavy atom. The smallest absolute Gasteiger partial charge is 0.253 e. The van der Waals surface area contributed by atoms with E-state index in [0.29, 0.717) is 64.8 Å². The van der Waals surface area contributed by atoms with Gasteiger partial charge in [0.2, 0.25) is 17.7 Å². The van der Waals surface area contributed by atoms with Crippen molar-refractivity contribution in [3.05, 3.63) is 84.1 Å². The zero-order chi connectivity index (χ0) is 59.8. The van der Waals surface area contributed by atoms with Crippen LogP contribution in [0.15, 0.2) is 72.9 Å². The molecule has 0 radical (unpaired) electrons. The van der Waals surface area contributed by atoms with Crippen LogP contribution in [0, 0.1) is 41.4 Å². The van der Waals surface area contributed by atoms with Gasteiger partial charge in [-0.3, -0.25) is 53.0 Å². The fourth-order valence-corrected chi connectivity index (χ4v) is 13.1. The molecule has 6 rings (SSSR count). The molecule has 1 N–H and O–H groups in total. The number of carbonyl (C=O) groups is 8. The highest BCUT2D eigenvalue weighted by atomic mass is 16.7. The molecule has 0 aliphatic carbocycles. The van der Waals surface area contributed by atoms with Gasteiger partial charge in [-0.1, -0.05) is 103 Å². The van der Waals surface area contributed by atoms with E-state index in [1.54, 1.807) is 26.2 Å². The van der Waals surface area contributed by atoms with Crippen molar-refractivity contribution in [3.63, 3.8) is 0 Å². The second-order valence-electron chi connectivity index (χ2n) is 24.2. The molecule has 10 atom stereocenters. The van der Waals surface area contributed by atoms with Gasteiger partial charge in [-0.25, -0.2) is 5.06 Å². The number of imide groups is 1. The molecule has 2 aromatic carbocycles. The lowest BCUT2D eigenvalue weighted by molar-refractivity contribution is -0.201. The minimum Gasteiger partial charge on any atom is -0.379 e. The van der Waals surface area contributed by atoms with Crippen LogP contribution in [0.3, 0.4) is 0 Å². The summed E-state index contributed by atoms with van der Waals surface area (Å²) in [6.07, 6.45) is 8.51. The summed E-state index contributed by atoms with van der Waals surface area (Å²) in [5, 5.41) is 2.43. The fraction of sp³-hybridized carbons (Fsp3) is 0.631. The summed E-state index contributed by atoms with van der Waals surface area (Å²) in [6.45, 7) is 15.8. The Labute approximate surface area is 487 Å². The van der Waals surface area contributed by atoms with E-state index in [4.69, 9.17) is 14.3 Å². The molecule has 82 heavy (non-hydrogen) atoms. The van der Waals surface area contributed by atoms with Crippen molar-refractivity contribution in [3.8, 4) is 0 Å². The van der Waals surface area contributed by atoms with Crippen molar-refractivity contribution in [1.82, 2.24) is 29.6 Å². The van der Waals surface area contributed by atoms with E-state index in [1.165, 1.54) is 17.2 Å². The third kappa shape index (κ3) is 16.9. The fourth-order valence-electron chi connectivity index (χ4n) is 13.1. The largest absolute Gasteiger partial charge is 0.379 e. The zero-order valence-corrected chi connectivity index (χ0v) is 50.8.